The summed E-state index contributed by atoms with van der Waals surface area (Å²) < 4.78 is 52.1. The maximum absolute atomic E-state index is 13.9. The third-order valence-corrected chi connectivity index (χ3v) is 9.50. The Morgan fingerprint density at radius 3 is 2.16 bits per heavy atom. The standard InChI is InChI=1S/C27H34FN3O5S/c28-25-3-1-2-4-26(25)36-23-11-15-29(16-12-23)22-9-13-30(14-10-22)27(32)21-5-7-24(8-6-21)37(33,34)31-17-19-35-20-18-31/h1-8,22-23H,9-20H2. The highest BCUT2D eigenvalue weighted by Gasteiger charge is 2.31. The molecule has 3 saturated heterocycles. The molecule has 3 fully saturated rings. The van der Waals surface area contributed by atoms with E-state index in [2.05, 4.69) is 4.90 Å². The Labute approximate surface area is 218 Å². The van der Waals surface area contributed by atoms with E-state index < -0.39 is 10.0 Å². The van der Waals surface area contributed by atoms with Gasteiger partial charge in [-0.3, -0.25) is 9.69 Å². The third-order valence-electron chi connectivity index (χ3n) is 7.58. The van der Waals surface area contributed by atoms with Gasteiger partial charge in [0.1, 0.15) is 6.10 Å². The quantitative estimate of drug-likeness (QED) is 0.570. The minimum atomic E-state index is -3.58. The van der Waals surface area contributed by atoms with Crippen molar-refractivity contribution in [1.82, 2.24) is 14.1 Å². The predicted molar refractivity (Wildman–Crippen MR) is 137 cm³/mol. The number of sulfonamides is 1. The Morgan fingerprint density at radius 2 is 1.51 bits per heavy atom. The molecule has 3 aliphatic rings. The number of nitrogens with zero attached hydrogens (tertiary/aromatic N) is 3. The summed E-state index contributed by atoms with van der Waals surface area (Å²) in [4.78, 5) is 17.6. The molecular formula is C27H34FN3O5S. The van der Waals surface area contributed by atoms with Crippen LogP contribution in [-0.4, -0.2) is 93.1 Å². The summed E-state index contributed by atoms with van der Waals surface area (Å²) in [7, 11) is -3.58. The van der Waals surface area contributed by atoms with Crippen molar-refractivity contribution in [2.75, 3.05) is 52.5 Å². The van der Waals surface area contributed by atoms with Gasteiger partial charge in [-0.2, -0.15) is 4.31 Å². The number of morpholine rings is 1. The fourth-order valence-corrected chi connectivity index (χ4v) is 6.81. The largest absolute Gasteiger partial charge is 0.487 e. The molecule has 2 aromatic rings. The zero-order valence-corrected chi connectivity index (χ0v) is 21.7. The first-order chi connectivity index (χ1) is 17.9. The van der Waals surface area contributed by atoms with E-state index in [0.717, 1.165) is 38.8 Å². The van der Waals surface area contributed by atoms with E-state index in [-0.39, 0.29) is 22.7 Å². The monoisotopic (exact) mass is 531 g/mol. The second-order valence-corrected chi connectivity index (χ2v) is 11.8. The van der Waals surface area contributed by atoms with Crippen LogP contribution in [0.1, 0.15) is 36.0 Å². The lowest BCUT2D eigenvalue weighted by atomic mass is 9.98. The normalized spacial score (nSPS) is 21.2. The summed E-state index contributed by atoms with van der Waals surface area (Å²) in [6.45, 7) is 4.61. The summed E-state index contributed by atoms with van der Waals surface area (Å²) in [5.41, 5.74) is 0.505. The Hall–Kier alpha value is -2.53. The van der Waals surface area contributed by atoms with Crippen molar-refractivity contribution in [2.45, 2.75) is 42.7 Å². The van der Waals surface area contributed by atoms with Gasteiger partial charge in [0.2, 0.25) is 10.0 Å². The number of ether oxygens (including phenoxy) is 2. The van der Waals surface area contributed by atoms with E-state index in [1.54, 1.807) is 30.3 Å². The molecule has 37 heavy (non-hydrogen) atoms. The number of piperidine rings is 2. The number of rotatable bonds is 6. The van der Waals surface area contributed by atoms with Crippen molar-refractivity contribution in [2.24, 2.45) is 0 Å². The van der Waals surface area contributed by atoms with Crippen LogP contribution in [0.4, 0.5) is 4.39 Å². The van der Waals surface area contributed by atoms with E-state index in [9.17, 15) is 17.6 Å². The highest BCUT2D eigenvalue weighted by atomic mass is 32.2. The molecule has 200 valence electrons. The molecule has 3 aliphatic heterocycles. The summed E-state index contributed by atoms with van der Waals surface area (Å²) in [6.07, 6.45) is 3.52. The fraction of sp³-hybridized carbons (Fsp3) is 0.519. The van der Waals surface area contributed by atoms with Gasteiger partial charge in [-0.15, -0.1) is 0 Å². The van der Waals surface area contributed by atoms with Crippen LogP contribution in [0.2, 0.25) is 0 Å². The van der Waals surface area contributed by atoms with Crippen molar-refractivity contribution >= 4 is 15.9 Å². The smallest absolute Gasteiger partial charge is 0.253 e. The molecule has 0 unspecified atom stereocenters. The lowest BCUT2D eigenvalue weighted by Crippen LogP contribution is -2.50. The predicted octanol–water partition coefficient (Wildman–Crippen LogP) is 2.99. The molecule has 5 rings (SSSR count). The van der Waals surface area contributed by atoms with E-state index in [0.29, 0.717) is 56.7 Å². The number of carbonyl (C=O) groups is 1. The minimum Gasteiger partial charge on any atom is -0.487 e. The molecule has 10 heteroatoms. The molecule has 0 aromatic heterocycles. The van der Waals surface area contributed by atoms with Gasteiger partial charge in [-0.05, 0) is 62.1 Å². The highest BCUT2D eigenvalue weighted by molar-refractivity contribution is 7.89. The summed E-state index contributed by atoms with van der Waals surface area (Å²) in [5.74, 6) is -0.0689. The van der Waals surface area contributed by atoms with E-state index in [4.69, 9.17) is 9.47 Å². The maximum atomic E-state index is 13.9. The average molecular weight is 532 g/mol. The molecule has 0 spiro atoms. The minimum absolute atomic E-state index is 0.0184. The number of para-hydroxylation sites is 1. The van der Waals surface area contributed by atoms with Crippen LogP contribution >= 0.6 is 0 Å². The molecule has 2 aromatic carbocycles. The SMILES string of the molecule is O=C(c1ccc(S(=O)(=O)N2CCOCC2)cc1)N1CCC(N2CCC(Oc3ccccc3F)CC2)CC1. The highest BCUT2D eigenvalue weighted by Crippen LogP contribution is 2.26. The average Bonchev–Trinajstić information content (AvgIpc) is 2.95. The van der Waals surface area contributed by atoms with Crippen LogP contribution in [0.25, 0.3) is 0 Å². The summed E-state index contributed by atoms with van der Waals surface area (Å²) in [6, 6.07) is 13.2. The third kappa shape index (κ3) is 5.98. The first kappa shape index (κ1) is 26.1. The first-order valence-corrected chi connectivity index (χ1v) is 14.5. The molecule has 0 radical (unpaired) electrons. The van der Waals surface area contributed by atoms with Crippen LogP contribution in [0.15, 0.2) is 53.4 Å². The van der Waals surface area contributed by atoms with Crippen LogP contribution < -0.4 is 4.74 Å². The second-order valence-electron chi connectivity index (χ2n) is 9.85. The molecule has 0 saturated carbocycles. The van der Waals surface area contributed by atoms with Gasteiger partial charge in [0.05, 0.1) is 18.1 Å². The van der Waals surface area contributed by atoms with Gasteiger partial charge in [0, 0.05) is 50.9 Å². The van der Waals surface area contributed by atoms with Gasteiger partial charge in [-0.1, -0.05) is 12.1 Å². The molecule has 0 atom stereocenters. The van der Waals surface area contributed by atoms with Crippen molar-refractivity contribution in [3.8, 4) is 5.75 Å². The van der Waals surface area contributed by atoms with Crippen molar-refractivity contribution in [1.29, 1.82) is 0 Å². The zero-order chi connectivity index (χ0) is 25.8. The Balaban J connectivity index is 1.10. The Morgan fingerprint density at radius 1 is 0.865 bits per heavy atom. The number of likely N-dealkylation sites (tertiary alicyclic amines) is 2. The maximum Gasteiger partial charge on any atom is 0.253 e. The van der Waals surface area contributed by atoms with Crippen molar-refractivity contribution in [3.63, 3.8) is 0 Å². The van der Waals surface area contributed by atoms with Gasteiger partial charge in [0.25, 0.3) is 5.91 Å². The Kier molecular flexibility index (Phi) is 8.09. The van der Waals surface area contributed by atoms with Crippen molar-refractivity contribution in [3.05, 3.63) is 59.9 Å². The van der Waals surface area contributed by atoms with Gasteiger partial charge in [-0.25, -0.2) is 12.8 Å². The van der Waals surface area contributed by atoms with Gasteiger partial charge >= 0.3 is 0 Å². The van der Waals surface area contributed by atoms with Crippen LogP contribution in [0.3, 0.4) is 0 Å². The number of benzene rings is 2. The van der Waals surface area contributed by atoms with Crippen LogP contribution in [0.5, 0.6) is 5.75 Å². The molecule has 8 nitrogen and oxygen atoms in total. The molecular weight excluding hydrogens is 497 g/mol. The molecule has 0 aliphatic carbocycles. The number of hydrogen-bond donors (Lipinski definition) is 0. The van der Waals surface area contributed by atoms with Crippen LogP contribution in [0, 0.1) is 5.82 Å². The molecule has 3 heterocycles. The first-order valence-electron chi connectivity index (χ1n) is 13.0. The molecule has 0 bridgehead atoms. The van der Waals surface area contributed by atoms with E-state index in [1.807, 2.05) is 4.90 Å². The number of carbonyl (C=O) groups excluding carboxylic acids is 1. The number of amides is 1. The van der Waals surface area contributed by atoms with Crippen LogP contribution in [-0.2, 0) is 14.8 Å². The van der Waals surface area contributed by atoms with Gasteiger partial charge < -0.3 is 14.4 Å². The summed E-state index contributed by atoms with van der Waals surface area (Å²) >= 11 is 0. The zero-order valence-electron chi connectivity index (χ0n) is 20.9. The lowest BCUT2D eigenvalue weighted by molar-refractivity contribution is 0.0416. The van der Waals surface area contributed by atoms with E-state index in [1.165, 1.54) is 22.5 Å². The topological polar surface area (TPSA) is 79.4 Å². The number of halogens is 1. The Bertz CT molecular complexity index is 1170. The van der Waals surface area contributed by atoms with E-state index >= 15 is 0 Å². The van der Waals surface area contributed by atoms with Gasteiger partial charge in [0.15, 0.2) is 11.6 Å². The number of hydrogen-bond acceptors (Lipinski definition) is 6. The lowest BCUT2D eigenvalue weighted by Gasteiger charge is -2.41. The molecule has 1 amide bonds. The summed E-state index contributed by atoms with van der Waals surface area (Å²) in [5, 5.41) is 0. The van der Waals surface area contributed by atoms with Crippen molar-refractivity contribution < 1.29 is 27.1 Å². The molecule has 0 N–H and O–H groups in total. The fourth-order valence-electron chi connectivity index (χ4n) is 5.40. The second kappa shape index (κ2) is 11.5.